The second-order valence-electron chi connectivity index (χ2n) is 6.11. The van der Waals surface area contributed by atoms with Gasteiger partial charge in [0, 0.05) is 25.4 Å². The fraction of sp³-hybridized carbons (Fsp3) is 0.222. The van der Waals surface area contributed by atoms with Gasteiger partial charge in [-0.25, -0.2) is 15.0 Å². The summed E-state index contributed by atoms with van der Waals surface area (Å²) in [6.07, 6.45) is 1.71. The van der Waals surface area contributed by atoms with E-state index in [-0.39, 0.29) is 12.3 Å². The van der Waals surface area contributed by atoms with Crippen LogP contribution in [0, 0.1) is 24.0 Å². The lowest BCUT2D eigenvalue weighted by atomic mass is 10.3. The van der Waals surface area contributed by atoms with Crippen molar-refractivity contribution in [2.75, 3.05) is 23.7 Å². The van der Waals surface area contributed by atoms with E-state index in [0.717, 1.165) is 11.6 Å². The van der Waals surface area contributed by atoms with Crippen LogP contribution in [0.25, 0.3) is 0 Å². The van der Waals surface area contributed by atoms with Crippen molar-refractivity contribution in [2.45, 2.75) is 13.8 Å². The van der Waals surface area contributed by atoms with E-state index in [9.17, 15) is 14.9 Å². The van der Waals surface area contributed by atoms with Gasteiger partial charge < -0.3 is 20.4 Å². The fourth-order valence-electron chi connectivity index (χ4n) is 2.46. The number of furan rings is 1. The molecule has 0 saturated heterocycles. The van der Waals surface area contributed by atoms with Gasteiger partial charge in [0.25, 0.3) is 5.91 Å². The number of hydrogen-bond acceptors (Lipinski definition) is 9. The molecule has 3 heterocycles. The van der Waals surface area contributed by atoms with Gasteiger partial charge in [-0.1, -0.05) is 0 Å². The van der Waals surface area contributed by atoms with Gasteiger partial charge in [0.1, 0.15) is 28.2 Å². The lowest BCUT2D eigenvalue weighted by Crippen LogP contribution is -2.28. The summed E-state index contributed by atoms with van der Waals surface area (Å²) in [5.41, 5.74) is 1.07. The number of carbonyl (C=O) groups is 1. The SMILES string of the molecule is Cc1ccnc(Nc2cc(NCCNC(=O)c3ccc([N+](=O)[O-])o3)nc(C)n2)c1. The minimum absolute atomic E-state index is 0.119. The molecular formula is C18H19N7O4. The molecule has 3 N–H and O–H groups in total. The zero-order chi connectivity index (χ0) is 20.8. The van der Waals surface area contributed by atoms with E-state index >= 15 is 0 Å². The molecule has 3 aromatic heterocycles. The second kappa shape index (κ2) is 8.78. The van der Waals surface area contributed by atoms with Crippen molar-refractivity contribution in [3.8, 4) is 0 Å². The maximum atomic E-state index is 11.9. The molecule has 150 valence electrons. The predicted octanol–water partition coefficient (Wildman–Crippen LogP) is 2.58. The Hall–Kier alpha value is -4.02. The number of aryl methyl sites for hydroxylation is 2. The van der Waals surface area contributed by atoms with E-state index < -0.39 is 16.7 Å². The van der Waals surface area contributed by atoms with E-state index in [4.69, 9.17) is 4.42 Å². The molecule has 29 heavy (non-hydrogen) atoms. The standard InChI is InChI=1S/C18H19N7O4/c1-11-5-6-19-14(9-11)24-16-10-15(22-12(2)23-16)20-7-8-21-18(26)13-3-4-17(29-13)25(27)28/h3-6,9-10H,7-8H2,1-2H3,(H,21,26)(H2,19,20,22,23,24). The minimum Gasteiger partial charge on any atom is -0.395 e. The number of nitrogens with one attached hydrogen (secondary N) is 3. The Kier molecular flexibility index (Phi) is 5.97. The molecule has 0 radical (unpaired) electrons. The molecule has 3 rings (SSSR count). The second-order valence-corrected chi connectivity index (χ2v) is 6.11. The van der Waals surface area contributed by atoms with Crippen LogP contribution in [0.2, 0.25) is 0 Å². The molecular weight excluding hydrogens is 378 g/mol. The third-order valence-electron chi connectivity index (χ3n) is 3.72. The molecule has 1 amide bonds. The molecule has 3 aromatic rings. The number of pyridine rings is 1. The van der Waals surface area contributed by atoms with E-state index in [1.165, 1.54) is 6.07 Å². The highest BCUT2D eigenvalue weighted by Gasteiger charge is 2.16. The van der Waals surface area contributed by atoms with Crippen LogP contribution in [-0.2, 0) is 0 Å². The van der Waals surface area contributed by atoms with E-state index in [1.807, 2.05) is 19.1 Å². The van der Waals surface area contributed by atoms with Crippen LogP contribution in [0.3, 0.4) is 0 Å². The van der Waals surface area contributed by atoms with E-state index in [2.05, 4.69) is 30.9 Å². The zero-order valence-corrected chi connectivity index (χ0v) is 15.8. The number of aromatic nitrogens is 3. The molecule has 0 aromatic carbocycles. The Labute approximate surface area is 165 Å². The average molecular weight is 397 g/mol. The van der Waals surface area contributed by atoms with Gasteiger partial charge in [-0.3, -0.25) is 14.9 Å². The van der Waals surface area contributed by atoms with Crippen molar-refractivity contribution >= 4 is 29.2 Å². The van der Waals surface area contributed by atoms with Crippen LogP contribution >= 0.6 is 0 Å². The van der Waals surface area contributed by atoms with Crippen molar-refractivity contribution in [3.05, 3.63) is 63.8 Å². The maximum absolute atomic E-state index is 11.9. The summed E-state index contributed by atoms with van der Waals surface area (Å²) in [7, 11) is 0. The van der Waals surface area contributed by atoms with Crippen LogP contribution in [0.4, 0.5) is 23.3 Å². The lowest BCUT2D eigenvalue weighted by molar-refractivity contribution is -0.402. The van der Waals surface area contributed by atoms with Crippen LogP contribution in [0.1, 0.15) is 21.9 Å². The van der Waals surface area contributed by atoms with Crippen molar-refractivity contribution in [1.82, 2.24) is 20.3 Å². The van der Waals surface area contributed by atoms with Crippen molar-refractivity contribution < 1.29 is 14.1 Å². The summed E-state index contributed by atoms with van der Waals surface area (Å²) in [6.45, 7) is 4.39. The number of amides is 1. The van der Waals surface area contributed by atoms with Crippen LogP contribution in [-0.4, -0.2) is 38.9 Å². The van der Waals surface area contributed by atoms with Gasteiger partial charge in [-0.05, 0) is 37.6 Å². The summed E-state index contributed by atoms with van der Waals surface area (Å²) in [6, 6.07) is 7.92. The molecule has 0 unspecified atom stereocenters. The average Bonchev–Trinajstić information content (AvgIpc) is 3.15. The minimum atomic E-state index is -0.701. The van der Waals surface area contributed by atoms with Gasteiger partial charge in [0.15, 0.2) is 5.76 Å². The van der Waals surface area contributed by atoms with Crippen molar-refractivity contribution in [2.24, 2.45) is 0 Å². The number of nitrogens with zero attached hydrogens (tertiary/aromatic N) is 4. The highest BCUT2D eigenvalue weighted by Crippen LogP contribution is 2.17. The monoisotopic (exact) mass is 397 g/mol. The molecule has 11 heteroatoms. The first kappa shape index (κ1) is 19.7. The quantitative estimate of drug-likeness (QED) is 0.296. The van der Waals surface area contributed by atoms with E-state index in [0.29, 0.717) is 29.8 Å². The number of anilines is 3. The fourth-order valence-corrected chi connectivity index (χ4v) is 2.46. The van der Waals surface area contributed by atoms with Crippen molar-refractivity contribution in [1.29, 1.82) is 0 Å². The molecule has 0 fully saturated rings. The Morgan fingerprint density at radius 3 is 2.62 bits per heavy atom. The van der Waals surface area contributed by atoms with Gasteiger partial charge in [0.05, 0.1) is 6.07 Å². The summed E-state index contributed by atoms with van der Waals surface area (Å²) < 4.78 is 4.85. The third-order valence-corrected chi connectivity index (χ3v) is 3.72. The number of nitro groups is 1. The van der Waals surface area contributed by atoms with Crippen LogP contribution in [0.15, 0.2) is 40.9 Å². The molecule has 0 aliphatic rings. The largest absolute Gasteiger partial charge is 0.433 e. The maximum Gasteiger partial charge on any atom is 0.433 e. The zero-order valence-electron chi connectivity index (χ0n) is 15.8. The van der Waals surface area contributed by atoms with Crippen LogP contribution in [0.5, 0.6) is 0 Å². The summed E-state index contributed by atoms with van der Waals surface area (Å²) in [5.74, 6) is 1.28. The lowest BCUT2D eigenvalue weighted by Gasteiger charge is -2.10. The summed E-state index contributed by atoms with van der Waals surface area (Å²) >= 11 is 0. The van der Waals surface area contributed by atoms with Gasteiger partial charge in [-0.15, -0.1) is 0 Å². The number of carbonyl (C=O) groups excluding carboxylic acids is 1. The van der Waals surface area contributed by atoms with E-state index in [1.54, 1.807) is 19.2 Å². The Bertz CT molecular complexity index is 1030. The highest BCUT2D eigenvalue weighted by molar-refractivity contribution is 5.91. The first-order chi connectivity index (χ1) is 13.9. The normalized spacial score (nSPS) is 10.4. The highest BCUT2D eigenvalue weighted by atomic mass is 16.6. The first-order valence-electron chi connectivity index (χ1n) is 8.72. The Balaban J connectivity index is 1.53. The third kappa shape index (κ3) is 5.48. The van der Waals surface area contributed by atoms with Gasteiger partial charge in [0.2, 0.25) is 0 Å². The molecule has 0 bridgehead atoms. The Morgan fingerprint density at radius 2 is 1.90 bits per heavy atom. The summed E-state index contributed by atoms with van der Waals surface area (Å²) in [5, 5.41) is 19.4. The molecule has 0 aliphatic carbocycles. The molecule has 0 aliphatic heterocycles. The predicted molar refractivity (Wildman–Crippen MR) is 105 cm³/mol. The number of hydrogen-bond donors (Lipinski definition) is 3. The smallest absolute Gasteiger partial charge is 0.395 e. The Morgan fingerprint density at radius 1 is 1.10 bits per heavy atom. The van der Waals surface area contributed by atoms with Crippen LogP contribution < -0.4 is 16.0 Å². The summed E-state index contributed by atoms with van der Waals surface area (Å²) in [4.78, 5) is 34.7. The first-order valence-corrected chi connectivity index (χ1v) is 8.72. The number of rotatable bonds is 8. The molecule has 0 atom stereocenters. The topological polar surface area (TPSA) is 148 Å². The molecule has 11 nitrogen and oxygen atoms in total. The van der Waals surface area contributed by atoms with Gasteiger partial charge in [-0.2, -0.15) is 0 Å². The molecule has 0 saturated carbocycles. The van der Waals surface area contributed by atoms with Crippen molar-refractivity contribution in [3.63, 3.8) is 0 Å². The van der Waals surface area contributed by atoms with Gasteiger partial charge >= 0.3 is 5.88 Å². The molecule has 0 spiro atoms.